The van der Waals surface area contributed by atoms with Crippen LogP contribution in [-0.4, -0.2) is 26.2 Å². The molecule has 4 nitrogen and oxygen atoms in total. The number of benzene rings is 1. The maximum atomic E-state index is 11.7. The minimum Gasteiger partial charge on any atom is -0.468 e. The minimum absolute atomic E-state index is 0.0607. The van der Waals surface area contributed by atoms with Crippen molar-refractivity contribution in [2.45, 2.75) is 5.92 Å². The molecule has 17 heavy (non-hydrogen) atoms. The van der Waals surface area contributed by atoms with Gasteiger partial charge in [-0.2, -0.15) is 0 Å². The van der Waals surface area contributed by atoms with Gasteiger partial charge in [-0.25, -0.2) is 4.79 Å². The fourth-order valence-corrected chi connectivity index (χ4v) is 1.49. The van der Waals surface area contributed by atoms with E-state index in [9.17, 15) is 9.59 Å². The highest BCUT2D eigenvalue weighted by Crippen LogP contribution is 2.25. The van der Waals surface area contributed by atoms with Gasteiger partial charge in [-0.15, -0.1) is 0 Å². The summed E-state index contributed by atoms with van der Waals surface area (Å²) in [6.45, 7) is 3.60. The van der Waals surface area contributed by atoms with E-state index >= 15 is 0 Å². The van der Waals surface area contributed by atoms with Gasteiger partial charge in [0.05, 0.1) is 14.2 Å². The topological polar surface area (TPSA) is 52.6 Å². The van der Waals surface area contributed by atoms with Crippen LogP contribution in [0, 0.1) is 0 Å². The molecule has 0 saturated heterocycles. The molecule has 0 aromatic heterocycles. The summed E-state index contributed by atoms with van der Waals surface area (Å²) in [5.41, 5.74) is 0.709. The van der Waals surface area contributed by atoms with E-state index in [1.54, 1.807) is 24.3 Å². The molecule has 1 rings (SSSR count). The van der Waals surface area contributed by atoms with E-state index in [4.69, 9.17) is 0 Å². The molecule has 0 bridgehead atoms. The van der Waals surface area contributed by atoms with Gasteiger partial charge in [-0.3, -0.25) is 4.79 Å². The average Bonchev–Trinajstić information content (AvgIpc) is 2.38. The first-order valence-corrected chi connectivity index (χ1v) is 5.01. The van der Waals surface area contributed by atoms with E-state index in [0.717, 1.165) is 0 Å². The normalized spacial score (nSPS) is 11.4. The Kier molecular flexibility index (Phi) is 4.46. The van der Waals surface area contributed by atoms with Gasteiger partial charge in [-0.1, -0.05) is 36.9 Å². The summed E-state index contributed by atoms with van der Waals surface area (Å²) in [5, 5.41) is 0. The summed E-state index contributed by atoms with van der Waals surface area (Å²) in [4.78, 5) is 23.1. The first-order valence-electron chi connectivity index (χ1n) is 5.01. The number of esters is 2. The van der Waals surface area contributed by atoms with Crippen LogP contribution in [0.4, 0.5) is 0 Å². The van der Waals surface area contributed by atoms with Crippen LogP contribution < -0.4 is 0 Å². The molecule has 0 aliphatic heterocycles. The molecule has 4 heteroatoms. The van der Waals surface area contributed by atoms with Crippen LogP contribution in [0.3, 0.4) is 0 Å². The van der Waals surface area contributed by atoms with Crippen molar-refractivity contribution in [1.29, 1.82) is 0 Å². The van der Waals surface area contributed by atoms with Gasteiger partial charge in [0.2, 0.25) is 0 Å². The molecule has 0 spiro atoms. The van der Waals surface area contributed by atoms with Crippen LogP contribution >= 0.6 is 0 Å². The van der Waals surface area contributed by atoms with Crippen molar-refractivity contribution < 1.29 is 19.1 Å². The molecule has 1 atom stereocenters. The van der Waals surface area contributed by atoms with Crippen LogP contribution in [-0.2, 0) is 19.1 Å². The molecule has 0 saturated carbocycles. The third kappa shape index (κ3) is 2.93. The highest BCUT2D eigenvalue weighted by molar-refractivity contribution is 5.98. The molecule has 0 aliphatic rings. The van der Waals surface area contributed by atoms with Crippen LogP contribution in [0.25, 0.3) is 0 Å². The lowest BCUT2D eigenvalue weighted by Crippen LogP contribution is -2.21. The number of carbonyl (C=O) groups is 2. The molecule has 0 amide bonds. The van der Waals surface area contributed by atoms with Gasteiger partial charge in [-0.05, 0) is 5.56 Å². The predicted octanol–water partition coefficient (Wildman–Crippen LogP) is 1.67. The summed E-state index contributed by atoms with van der Waals surface area (Å²) >= 11 is 0. The maximum Gasteiger partial charge on any atom is 0.334 e. The molecule has 0 heterocycles. The fourth-order valence-electron chi connectivity index (χ4n) is 1.49. The van der Waals surface area contributed by atoms with Crippen LogP contribution in [0.1, 0.15) is 11.5 Å². The molecule has 90 valence electrons. The Morgan fingerprint density at radius 1 is 1.12 bits per heavy atom. The molecule has 0 aliphatic carbocycles. The number of hydrogen-bond acceptors (Lipinski definition) is 4. The lowest BCUT2D eigenvalue weighted by molar-refractivity contribution is -0.144. The fraction of sp³-hybridized carbons (Fsp3) is 0.231. The predicted molar refractivity (Wildman–Crippen MR) is 62.4 cm³/mol. The Morgan fingerprint density at radius 3 is 2.18 bits per heavy atom. The molecular formula is C13H14O4. The number of rotatable bonds is 4. The highest BCUT2D eigenvalue weighted by atomic mass is 16.5. The van der Waals surface area contributed by atoms with Crippen LogP contribution in [0.15, 0.2) is 42.5 Å². The summed E-state index contributed by atoms with van der Waals surface area (Å²) < 4.78 is 9.24. The van der Waals surface area contributed by atoms with E-state index in [1.807, 2.05) is 6.07 Å². The molecule has 0 N–H and O–H groups in total. The standard InChI is InChI=1S/C13H14O4/c1-9(12(14)16-2)11(13(15)17-3)10-7-5-4-6-8-10/h4-8,11H,1H2,2-3H3. The Morgan fingerprint density at radius 2 is 1.71 bits per heavy atom. The lowest BCUT2D eigenvalue weighted by Gasteiger charge is -2.15. The third-order valence-corrected chi connectivity index (χ3v) is 2.37. The van der Waals surface area contributed by atoms with E-state index < -0.39 is 17.9 Å². The van der Waals surface area contributed by atoms with Crippen molar-refractivity contribution >= 4 is 11.9 Å². The van der Waals surface area contributed by atoms with Crippen LogP contribution in [0.2, 0.25) is 0 Å². The molecule has 1 aromatic carbocycles. The summed E-state index contributed by atoms with van der Waals surface area (Å²) in [5.74, 6) is -1.98. The average molecular weight is 234 g/mol. The van der Waals surface area contributed by atoms with Crippen molar-refractivity contribution in [2.75, 3.05) is 14.2 Å². The summed E-state index contributed by atoms with van der Waals surface area (Å²) in [6.07, 6.45) is 0. The van der Waals surface area contributed by atoms with E-state index in [1.165, 1.54) is 14.2 Å². The Labute approximate surface area is 99.8 Å². The molecule has 1 unspecified atom stereocenters. The van der Waals surface area contributed by atoms with Gasteiger partial charge in [0, 0.05) is 5.57 Å². The molecule has 1 aromatic rings. The monoisotopic (exact) mass is 234 g/mol. The van der Waals surface area contributed by atoms with Gasteiger partial charge in [0.1, 0.15) is 5.92 Å². The third-order valence-electron chi connectivity index (χ3n) is 2.37. The second kappa shape index (κ2) is 5.84. The first-order chi connectivity index (χ1) is 8.11. The quantitative estimate of drug-likeness (QED) is 0.587. The second-order valence-corrected chi connectivity index (χ2v) is 3.38. The summed E-state index contributed by atoms with van der Waals surface area (Å²) in [7, 11) is 2.51. The van der Waals surface area contributed by atoms with Crippen molar-refractivity contribution in [3.63, 3.8) is 0 Å². The van der Waals surface area contributed by atoms with E-state index in [2.05, 4.69) is 16.1 Å². The second-order valence-electron chi connectivity index (χ2n) is 3.38. The van der Waals surface area contributed by atoms with Crippen molar-refractivity contribution in [2.24, 2.45) is 0 Å². The zero-order valence-corrected chi connectivity index (χ0v) is 9.80. The maximum absolute atomic E-state index is 11.7. The SMILES string of the molecule is C=C(C(=O)OC)C(C(=O)OC)c1ccccc1. The van der Waals surface area contributed by atoms with Crippen molar-refractivity contribution in [3.05, 3.63) is 48.0 Å². The van der Waals surface area contributed by atoms with Crippen LogP contribution in [0.5, 0.6) is 0 Å². The zero-order valence-electron chi connectivity index (χ0n) is 9.80. The zero-order chi connectivity index (χ0) is 12.8. The molecule has 0 radical (unpaired) electrons. The largest absolute Gasteiger partial charge is 0.468 e. The number of carbonyl (C=O) groups excluding carboxylic acids is 2. The van der Waals surface area contributed by atoms with Crippen molar-refractivity contribution in [1.82, 2.24) is 0 Å². The molecular weight excluding hydrogens is 220 g/mol. The summed E-state index contributed by atoms with van der Waals surface area (Å²) in [6, 6.07) is 8.83. The first kappa shape index (κ1) is 13.0. The number of hydrogen-bond donors (Lipinski definition) is 0. The van der Waals surface area contributed by atoms with E-state index in [0.29, 0.717) is 5.56 Å². The Bertz CT molecular complexity index is 422. The van der Waals surface area contributed by atoms with Gasteiger partial charge < -0.3 is 9.47 Å². The number of methoxy groups -OCH3 is 2. The molecule has 0 fully saturated rings. The smallest absolute Gasteiger partial charge is 0.334 e. The lowest BCUT2D eigenvalue weighted by atomic mass is 9.92. The van der Waals surface area contributed by atoms with E-state index in [-0.39, 0.29) is 5.57 Å². The highest BCUT2D eigenvalue weighted by Gasteiger charge is 2.29. The van der Waals surface area contributed by atoms with Gasteiger partial charge >= 0.3 is 11.9 Å². The number of ether oxygens (including phenoxy) is 2. The van der Waals surface area contributed by atoms with Crippen molar-refractivity contribution in [3.8, 4) is 0 Å². The Balaban J connectivity index is 3.09. The minimum atomic E-state index is -0.825. The Hall–Kier alpha value is -2.10. The van der Waals surface area contributed by atoms with Gasteiger partial charge in [0.15, 0.2) is 0 Å². The van der Waals surface area contributed by atoms with Gasteiger partial charge in [0.25, 0.3) is 0 Å².